The maximum atomic E-state index is 12.4. The largest absolute Gasteiger partial charge is 0.469 e. The Morgan fingerprint density at radius 2 is 2.00 bits per heavy atom. The van der Waals surface area contributed by atoms with E-state index < -0.39 is 0 Å². The van der Waals surface area contributed by atoms with Crippen LogP contribution in [-0.4, -0.2) is 29.8 Å². The first-order chi connectivity index (χ1) is 11.7. The molecule has 1 aliphatic rings. The van der Waals surface area contributed by atoms with Crippen LogP contribution in [0.3, 0.4) is 0 Å². The summed E-state index contributed by atoms with van der Waals surface area (Å²) in [5, 5.41) is 2.93. The number of nitrogens with one attached hydrogen (secondary N) is 1. The smallest absolute Gasteiger partial charge is 0.229 e. The highest BCUT2D eigenvalue weighted by Crippen LogP contribution is 2.20. The van der Waals surface area contributed by atoms with Crippen LogP contribution < -0.4 is 5.32 Å². The lowest BCUT2D eigenvalue weighted by molar-refractivity contribution is -0.134. The van der Waals surface area contributed by atoms with E-state index in [0.29, 0.717) is 19.4 Å². The van der Waals surface area contributed by atoms with Gasteiger partial charge in [0.2, 0.25) is 11.8 Å². The van der Waals surface area contributed by atoms with E-state index in [0.717, 1.165) is 30.8 Å². The fourth-order valence-electron chi connectivity index (χ4n) is 3.03. The number of piperidine rings is 1. The summed E-state index contributed by atoms with van der Waals surface area (Å²) in [6, 6.07) is 13.1. The van der Waals surface area contributed by atoms with E-state index in [2.05, 4.69) is 5.32 Å². The lowest BCUT2D eigenvalue weighted by atomic mass is 9.96. The van der Waals surface area contributed by atoms with E-state index in [-0.39, 0.29) is 17.7 Å². The molecule has 0 aliphatic carbocycles. The van der Waals surface area contributed by atoms with Crippen molar-refractivity contribution in [2.75, 3.05) is 18.4 Å². The van der Waals surface area contributed by atoms with Crippen LogP contribution in [0, 0.1) is 5.92 Å². The van der Waals surface area contributed by atoms with E-state index in [1.165, 1.54) is 0 Å². The third kappa shape index (κ3) is 4.25. The number of aryl methyl sites for hydroxylation is 1. The van der Waals surface area contributed by atoms with Gasteiger partial charge in [-0.3, -0.25) is 9.59 Å². The summed E-state index contributed by atoms with van der Waals surface area (Å²) < 4.78 is 5.26. The van der Waals surface area contributed by atoms with Gasteiger partial charge in [-0.1, -0.05) is 18.2 Å². The number of hydrogen-bond acceptors (Lipinski definition) is 3. The number of furan rings is 1. The average Bonchev–Trinajstić information content (AvgIpc) is 3.14. The fourth-order valence-corrected chi connectivity index (χ4v) is 3.03. The van der Waals surface area contributed by atoms with Gasteiger partial charge in [-0.25, -0.2) is 0 Å². The monoisotopic (exact) mass is 326 g/mol. The number of carbonyl (C=O) groups excluding carboxylic acids is 2. The van der Waals surface area contributed by atoms with E-state index >= 15 is 0 Å². The molecule has 2 amide bonds. The standard InChI is InChI=1S/C19H22N2O3/c22-18(11-10-17-9-5-13-24-17)21-12-4-6-15(14-21)19(23)20-16-7-2-1-3-8-16/h1-3,5,7-9,13,15H,4,6,10-12,14H2,(H,20,23). The molecule has 1 N–H and O–H groups in total. The Bertz CT molecular complexity index is 667. The molecule has 2 heterocycles. The van der Waals surface area contributed by atoms with Crippen molar-refractivity contribution in [1.29, 1.82) is 0 Å². The van der Waals surface area contributed by atoms with Gasteiger partial charge in [-0.05, 0) is 37.1 Å². The molecule has 1 unspecified atom stereocenters. The SMILES string of the molecule is O=C(Nc1ccccc1)C1CCCN(C(=O)CCc2ccco2)C1. The highest BCUT2D eigenvalue weighted by atomic mass is 16.3. The second-order valence-electron chi connectivity index (χ2n) is 6.11. The van der Waals surface area contributed by atoms with E-state index in [4.69, 9.17) is 4.42 Å². The molecule has 1 aromatic heterocycles. The van der Waals surface area contributed by atoms with E-state index in [1.54, 1.807) is 6.26 Å². The number of hydrogen-bond donors (Lipinski definition) is 1. The van der Waals surface area contributed by atoms with Crippen molar-refractivity contribution in [3.05, 3.63) is 54.5 Å². The Morgan fingerprint density at radius 3 is 2.75 bits per heavy atom. The van der Waals surface area contributed by atoms with Crippen molar-refractivity contribution in [1.82, 2.24) is 4.90 Å². The minimum absolute atomic E-state index is 0.00951. The predicted molar refractivity (Wildman–Crippen MR) is 91.4 cm³/mol. The highest BCUT2D eigenvalue weighted by molar-refractivity contribution is 5.93. The Balaban J connectivity index is 1.51. The summed E-state index contributed by atoms with van der Waals surface area (Å²) in [6.07, 6.45) is 4.31. The van der Waals surface area contributed by atoms with Crippen LogP contribution in [0.1, 0.15) is 25.0 Å². The minimum Gasteiger partial charge on any atom is -0.469 e. The fraction of sp³-hybridized carbons (Fsp3) is 0.368. The first kappa shape index (κ1) is 16.3. The van der Waals surface area contributed by atoms with Gasteiger partial charge in [0.1, 0.15) is 5.76 Å². The molecule has 1 aromatic carbocycles. The maximum absolute atomic E-state index is 12.4. The van der Waals surface area contributed by atoms with Gasteiger partial charge in [0, 0.05) is 31.6 Å². The Morgan fingerprint density at radius 1 is 1.17 bits per heavy atom. The molecule has 1 fully saturated rings. The molecule has 24 heavy (non-hydrogen) atoms. The molecule has 126 valence electrons. The minimum atomic E-state index is -0.147. The molecular formula is C19H22N2O3. The first-order valence-electron chi connectivity index (χ1n) is 8.38. The molecule has 5 nitrogen and oxygen atoms in total. The van der Waals surface area contributed by atoms with Crippen molar-refractivity contribution in [3.63, 3.8) is 0 Å². The van der Waals surface area contributed by atoms with Gasteiger partial charge >= 0.3 is 0 Å². The van der Waals surface area contributed by atoms with E-state index in [9.17, 15) is 9.59 Å². The summed E-state index contributed by atoms with van der Waals surface area (Å²) in [5.41, 5.74) is 0.795. The predicted octanol–water partition coefficient (Wildman–Crippen LogP) is 3.09. The van der Waals surface area contributed by atoms with Crippen LogP contribution in [0.25, 0.3) is 0 Å². The molecule has 0 bridgehead atoms. The zero-order chi connectivity index (χ0) is 16.8. The molecule has 1 saturated heterocycles. The quantitative estimate of drug-likeness (QED) is 0.918. The van der Waals surface area contributed by atoms with Crippen LogP contribution in [0.2, 0.25) is 0 Å². The molecular weight excluding hydrogens is 304 g/mol. The lowest BCUT2D eigenvalue weighted by Crippen LogP contribution is -2.43. The topological polar surface area (TPSA) is 62.6 Å². The zero-order valence-corrected chi connectivity index (χ0v) is 13.6. The second kappa shape index (κ2) is 7.81. The van der Waals surface area contributed by atoms with Crippen LogP contribution in [0.4, 0.5) is 5.69 Å². The summed E-state index contributed by atoms with van der Waals surface area (Å²) in [4.78, 5) is 26.6. The summed E-state index contributed by atoms with van der Waals surface area (Å²) in [5.74, 6) is 0.749. The summed E-state index contributed by atoms with van der Waals surface area (Å²) in [7, 11) is 0. The number of amides is 2. The number of anilines is 1. The molecule has 5 heteroatoms. The van der Waals surface area contributed by atoms with Crippen molar-refractivity contribution in [3.8, 4) is 0 Å². The van der Waals surface area contributed by atoms with Crippen molar-refractivity contribution in [2.45, 2.75) is 25.7 Å². The number of para-hydroxylation sites is 1. The molecule has 1 aliphatic heterocycles. The van der Waals surface area contributed by atoms with Gasteiger partial charge in [0.25, 0.3) is 0 Å². The normalized spacial score (nSPS) is 17.5. The van der Waals surface area contributed by atoms with E-state index in [1.807, 2.05) is 47.4 Å². The zero-order valence-electron chi connectivity index (χ0n) is 13.6. The van der Waals surface area contributed by atoms with Crippen LogP contribution in [-0.2, 0) is 16.0 Å². The molecule has 2 aromatic rings. The number of benzene rings is 1. The highest BCUT2D eigenvalue weighted by Gasteiger charge is 2.28. The van der Waals surface area contributed by atoms with Gasteiger partial charge < -0.3 is 14.6 Å². The Kier molecular flexibility index (Phi) is 5.31. The van der Waals surface area contributed by atoms with Gasteiger partial charge in [-0.15, -0.1) is 0 Å². The lowest BCUT2D eigenvalue weighted by Gasteiger charge is -2.32. The van der Waals surface area contributed by atoms with Crippen molar-refractivity contribution in [2.24, 2.45) is 5.92 Å². The number of rotatable bonds is 5. The van der Waals surface area contributed by atoms with Gasteiger partial charge in [-0.2, -0.15) is 0 Å². The number of likely N-dealkylation sites (tertiary alicyclic amines) is 1. The first-order valence-corrected chi connectivity index (χ1v) is 8.38. The molecule has 3 rings (SSSR count). The Hall–Kier alpha value is -2.56. The molecule has 1 atom stereocenters. The third-order valence-corrected chi connectivity index (χ3v) is 4.35. The van der Waals surface area contributed by atoms with Crippen molar-refractivity contribution >= 4 is 17.5 Å². The summed E-state index contributed by atoms with van der Waals surface area (Å²) >= 11 is 0. The van der Waals surface area contributed by atoms with Crippen molar-refractivity contribution < 1.29 is 14.0 Å². The van der Waals surface area contributed by atoms with Gasteiger partial charge in [0.05, 0.1) is 12.2 Å². The number of carbonyl (C=O) groups is 2. The summed E-state index contributed by atoms with van der Waals surface area (Å²) in [6.45, 7) is 1.22. The second-order valence-corrected chi connectivity index (χ2v) is 6.11. The average molecular weight is 326 g/mol. The molecule has 0 saturated carbocycles. The molecule has 0 radical (unpaired) electrons. The Labute approximate surface area is 141 Å². The van der Waals surface area contributed by atoms with Crippen LogP contribution in [0.5, 0.6) is 0 Å². The number of nitrogens with zero attached hydrogens (tertiary/aromatic N) is 1. The maximum Gasteiger partial charge on any atom is 0.229 e. The van der Waals surface area contributed by atoms with Crippen LogP contribution >= 0.6 is 0 Å². The van der Waals surface area contributed by atoms with Crippen LogP contribution in [0.15, 0.2) is 53.1 Å². The third-order valence-electron chi connectivity index (χ3n) is 4.35. The van der Waals surface area contributed by atoms with Gasteiger partial charge in [0.15, 0.2) is 0 Å². The molecule has 0 spiro atoms.